The van der Waals surface area contributed by atoms with Crippen LogP contribution in [0.3, 0.4) is 0 Å². The minimum atomic E-state index is -5.25. The van der Waals surface area contributed by atoms with E-state index in [0.717, 1.165) is 24.3 Å². The van der Waals surface area contributed by atoms with Gasteiger partial charge >= 0.3 is 24.7 Å². The van der Waals surface area contributed by atoms with E-state index in [0.29, 0.717) is 34.1 Å². The molecule has 22 heteroatoms. The summed E-state index contributed by atoms with van der Waals surface area (Å²) in [5, 5.41) is -1.56. The number of halogens is 16. The van der Waals surface area contributed by atoms with E-state index >= 15 is 0 Å². The summed E-state index contributed by atoms with van der Waals surface area (Å²) < 4.78 is 164. The summed E-state index contributed by atoms with van der Waals surface area (Å²) in [6.45, 7) is -2.13. The van der Waals surface area contributed by atoms with Gasteiger partial charge in [-0.2, -0.15) is 52.7 Å². The predicted octanol–water partition coefficient (Wildman–Crippen LogP) is 14.0. The lowest BCUT2D eigenvalue weighted by atomic mass is 9.82. The lowest BCUT2D eigenvalue weighted by molar-refractivity contribution is -0.144. The molecule has 0 N–H and O–H groups in total. The first kappa shape index (κ1) is 43.7. The molecule has 328 valence electrons. The Labute approximate surface area is 367 Å². The Bertz CT molecular complexity index is 2910. The van der Waals surface area contributed by atoms with Gasteiger partial charge in [0.2, 0.25) is 0 Å². The largest absolute Gasteiger partial charge is 0.416 e. The monoisotopic (exact) mass is 978 g/mol. The van der Waals surface area contributed by atoms with Crippen molar-refractivity contribution in [1.82, 2.24) is 9.80 Å². The fraction of sp³-hybridized carbons (Fsp3) is 0.143. The Hall–Kier alpha value is -5.56. The second kappa shape index (κ2) is 14.0. The number of amides is 4. The third kappa shape index (κ3) is 6.57. The van der Waals surface area contributed by atoms with Gasteiger partial charge in [0.15, 0.2) is 0 Å². The molecule has 64 heavy (non-hydrogen) atoms. The van der Waals surface area contributed by atoms with E-state index in [-0.39, 0.29) is 97.6 Å². The van der Waals surface area contributed by atoms with Gasteiger partial charge in [0.25, 0.3) is 23.6 Å². The van der Waals surface area contributed by atoms with Crippen LogP contribution in [0, 0.1) is 0 Å². The zero-order valence-electron chi connectivity index (χ0n) is 30.8. The quantitative estimate of drug-likeness (QED) is 0.0762. The highest BCUT2D eigenvalue weighted by Crippen LogP contribution is 2.54. The van der Waals surface area contributed by atoms with Crippen LogP contribution in [0.2, 0.25) is 20.1 Å². The molecule has 2 heterocycles. The Kier molecular flexibility index (Phi) is 9.54. The Balaban J connectivity index is 1.23. The molecule has 0 saturated heterocycles. The molecule has 0 atom stereocenters. The maximum Gasteiger partial charge on any atom is 0.416 e. The summed E-state index contributed by atoms with van der Waals surface area (Å²) in [6, 6.07) is 5.44. The predicted molar refractivity (Wildman–Crippen MR) is 209 cm³/mol. The van der Waals surface area contributed by atoms with Gasteiger partial charge in [-0.15, -0.1) is 0 Å². The number of hydrogen-bond acceptors (Lipinski definition) is 4. The third-order valence-corrected chi connectivity index (χ3v) is 12.2. The molecule has 2 aliphatic rings. The highest BCUT2D eigenvalue weighted by Gasteiger charge is 2.43. The Morgan fingerprint density at radius 3 is 0.750 bits per heavy atom. The molecule has 6 nitrogen and oxygen atoms in total. The highest BCUT2D eigenvalue weighted by atomic mass is 35.5. The number of carbonyl (C=O) groups is 4. The van der Waals surface area contributed by atoms with Crippen LogP contribution in [0.25, 0.3) is 43.1 Å². The number of alkyl halides is 12. The van der Waals surface area contributed by atoms with Crippen LogP contribution in [-0.4, -0.2) is 33.4 Å². The zero-order valence-corrected chi connectivity index (χ0v) is 33.8. The zero-order chi connectivity index (χ0) is 46.7. The summed E-state index contributed by atoms with van der Waals surface area (Å²) in [5.74, 6) is -4.73. The average molecular weight is 980 g/mol. The van der Waals surface area contributed by atoms with Gasteiger partial charge in [0.05, 0.1) is 57.6 Å². The molecule has 0 saturated carbocycles. The van der Waals surface area contributed by atoms with Crippen molar-refractivity contribution in [3.05, 3.63) is 136 Å². The van der Waals surface area contributed by atoms with Crippen molar-refractivity contribution in [1.29, 1.82) is 0 Å². The number of benzene rings is 7. The smallest absolute Gasteiger partial charge is 0.270 e. The second-order valence-corrected chi connectivity index (χ2v) is 16.5. The molecule has 0 aliphatic carbocycles. The van der Waals surface area contributed by atoms with Gasteiger partial charge in [-0.05, 0) is 71.8 Å². The molecule has 4 amide bonds. The summed E-state index contributed by atoms with van der Waals surface area (Å²) in [5.41, 5.74) is -9.56. The van der Waals surface area contributed by atoms with Crippen molar-refractivity contribution in [2.45, 2.75) is 37.8 Å². The van der Waals surface area contributed by atoms with E-state index in [2.05, 4.69) is 0 Å². The normalized spacial score (nSPS) is 15.1. The molecule has 0 bridgehead atoms. The summed E-state index contributed by atoms with van der Waals surface area (Å²) in [4.78, 5) is 57.4. The fourth-order valence-electron chi connectivity index (χ4n) is 8.43. The first-order chi connectivity index (χ1) is 29.6. The number of rotatable bonds is 4. The van der Waals surface area contributed by atoms with Crippen LogP contribution in [0.5, 0.6) is 0 Å². The summed E-state index contributed by atoms with van der Waals surface area (Å²) in [7, 11) is 0. The van der Waals surface area contributed by atoms with E-state index in [1.165, 1.54) is 0 Å². The molecular formula is C42H14Cl4F12N2O4. The third-order valence-electron chi connectivity index (χ3n) is 11.0. The van der Waals surface area contributed by atoms with Gasteiger partial charge < -0.3 is 0 Å². The first-order valence-corrected chi connectivity index (χ1v) is 19.4. The molecule has 2 aliphatic heterocycles. The molecule has 0 radical (unpaired) electrons. The SMILES string of the molecule is O=C1c2cc(Cl)c3c4c(Cl)cc5c6c(cc(Cl)c(c7c(Cl)cc(c2c37)C(=O)N1Cc1cc(C(F)(F)F)cc(C(F)(F)F)c1)c64)C(=O)N(Cc1cc(C(F)(F)F)cc(C(F)(F)F)c1)C5=O. The fourth-order valence-corrected chi connectivity index (χ4v) is 9.63. The van der Waals surface area contributed by atoms with Crippen LogP contribution in [-0.2, 0) is 37.8 Å². The molecule has 9 rings (SSSR count). The van der Waals surface area contributed by atoms with Crippen molar-refractivity contribution >= 4 is 113 Å². The van der Waals surface area contributed by atoms with Gasteiger partial charge in [0.1, 0.15) is 0 Å². The Morgan fingerprint density at radius 2 is 0.547 bits per heavy atom. The van der Waals surface area contributed by atoms with E-state index in [1.54, 1.807) is 0 Å². The first-order valence-electron chi connectivity index (χ1n) is 17.8. The van der Waals surface area contributed by atoms with Crippen LogP contribution in [0.4, 0.5) is 52.7 Å². The Morgan fingerprint density at radius 1 is 0.328 bits per heavy atom. The minimum Gasteiger partial charge on any atom is -0.270 e. The van der Waals surface area contributed by atoms with Crippen LogP contribution >= 0.6 is 46.4 Å². The lowest BCUT2D eigenvalue weighted by Gasteiger charge is -2.31. The van der Waals surface area contributed by atoms with Crippen molar-refractivity contribution < 1.29 is 71.9 Å². The van der Waals surface area contributed by atoms with Gasteiger partial charge in [-0.3, -0.25) is 29.0 Å². The lowest BCUT2D eigenvalue weighted by Crippen LogP contribution is -2.40. The standard InChI is InChI=1S/C42H14Cl4F12N2O4/c43-23-7-19-27-20(36(62)59(35(19)61)11-13-1-15(39(47,48)49)5-16(2-13)40(50,51)52)8-24(44)30-32-26(46)10-22-28-21(9-25(45)31(34(28)32)29(23)33(27)30)37(63)60(38(22)64)12-14-3-17(41(53,54)55)6-18(4-14)42(56,57)58/h1-10H,11-12H2. The number of carbonyl (C=O) groups excluding carboxylic acids is 4. The van der Waals surface area contributed by atoms with Crippen LogP contribution in [0.15, 0.2) is 60.7 Å². The molecule has 7 aromatic rings. The van der Waals surface area contributed by atoms with Crippen LogP contribution < -0.4 is 0 Å². The summed E-state index contributed by atoms with van der Waals surface area (Å²) in [6.07, 6.45) is -21.0. The minimum absolute atomic E-state index is 0.0239. The molecule has 7 aromatic carbocycles. The molecule has 0 unspecified atom stereocenters. The van der Waals surface area contributed by atoms with Gasteiger partial charge in [-0.25, -0.2) is 0 Å². The summed E-state index contributed by atoms with van der Waals surface area (Å²) >= 11 is 27.5. The van der Waals surface area contributed by atoms with Crippen molar-refractivity contribution in [3.8, 4) is 0 Å². The van der Waals surface area contributed by atoms with Crippen LogP contribution in [0.1, 0.15) is 74.8 Å². The molecule has 0 fully saturated rings. The second-order valence-electron chi connectivity index (χ2n) is 14.8. The van der Waals surface area contributed by atoms with Gasteiger partial charge in [-0.1, -0.05) is 46.4 Å². The van der Waals surface area contributed by atoms with Crippen molar-refractivity contribution in [3.63, 3.8) is 0 Å². The topological polar surface area (TPSA) is 74.8 Å². The van der Waals surface area contributed by atoms with E-state index in [4.69, 9.17) is 46.4 Å². The van der Waals surface area contributed by atoms with E-state index < -0.39 is 94.8 Å². The average Bonchev–Trinajstić information content (AvgIpc) is 3.18. The van der Waals surface area contributed by atoms with Crippen molar-refractivity contribution in [2.24, 2.45) is 0 Å². The van der Waals surface area contributed by atoms with Gasteiger partial charge in [0, 0.05) is 63.2 Å². The number of imide groups is 2. The van der Waals surface area contributed by atoms with Crippen molar-refractivity contribution in [2.75, 3.05) is 0 Å². The number of fused-ring (bicyclic) bond motifs is 2. The van der Waals surface area contributed by atoms with E-state index in [1.807, 2.05) is 0 Å². The molecular weight excluding hydrogens is 966 g/mol. The molecule has 0 aromatic heterocycles. The molecule has 0 spiro atoms. The maximum atomic E-state index is 14.1. The maximum absolute atomic E-state index is 14.1. The number of nitrogens with zero attached hydrogens (tertiary/aromatic N) is 2. The van der Waals surface area contributed by atoms with E-state index in [9.17, 15) is 71.9 Å². The number of hydrogen-bond donors (Lipinski definition) is 0. The highest BCUT2D eigenvalue weighted by molar-refractivity contribution is 6.56.